The van der Waals surface area contributed by atoms with Gasteiger partial charge in [0.05, 0.1) is 25.0 Å². The minimum Gasteiger partial charge on any atom is -0.508 e. The largest absolute Gasteiger partial charge is 0.508 e. The maximum absolute atomic E-state index is 12.2. The minimum absolute atomic E-state index is 0.00917. The molecule has 0 radical (unpaired) electrons. The summed E-state index contributed by atoms with van der Waals surface area (Å²) in [6.45, 7) is 0. The predicted molar refractivity (Wildman–Crippen MR) is 73.9 cm³/mol. The number of phenols is 1. The number of sulfone groups is 1. The number of esters is 1. The highest BCUT2D eigenvalue weighted by Gasteiger charge is 2.47. The van der Waals surface area contributed by atoms with Crippen LogP contribution in [0.3, 0.4) is 0 Å². The van der Waals surface area contributed by atoms with E-state index in [1.54, 1.807) is 12.1 Å². The third-order valence-corrected chi connectivity index (χ3v) is 5.35. The average Bonchev–Trinajstić information content (AvgIpc) is 3.06. The summed E-state index contributed by atoms with van der Waals surface area (Å²) in [6, 6.07) is 6.21. The molecular weight excluding hydrogens is 280 g/mol. The molecule has 0 saturated heterocycles. The van der Waals surface area contributed by atoms with Crippen LogP contribution in [-0.2, 0) is 25.1 Å². The molecule has 1 N–H and O–H groups in total. The molecular formula is C14H18O5S. The van der Waals surface area contributed by atoms with Gasteiger partial charge in [0.1, 0.15) is 5.75 Å². The van der Waals surface area contributed by atoms with E-state index in [9.17, 15) is 18.3 Å². The molecule has 0 aliphatic heterocycles. The molecule has 5 nitrogen and oxygen atoms in total. The third-order valence-electron chi connectivity index (χ3n) is 3.53. The van der Waals surface area contributed by atoms with E-state index in [2.05, 4.69) is 4.74 Å². The minimum atomic E-state index is -3.32. The first-order valence-electron chi connectivity index (χ1n) is 6.39. The fourth-order valence-corrected chi connectivity index (χ4v) is 4.46. The normalized spacial score (nSPS) is 16.6. The highest BCUT2D eigenvalue weighted by atomic mass is 32.2. The monoisotopic (exact) mass is 298 g/mol. The highest BCUT2D eigenvalue weighted by molar-refractivity contribution is 7.90. The Morgan fingerprint density at radius 3 is 2.65 bits per heavy atom. The Labute approximate surface area is 118 Å². The van der Waals surface area contributed by atoms with Crippen molar-refractivity contribution in [3.05, 3.63) is 29.8 Å². The van der Waals surface area contributed by atoms with E-state index in [-0.39, 0.29) is 29.6 Å². The number of ether oxygens (including phenoxy) is 1. The number of hydrogen-bond acceptors (Lipinski definition) is 5. The smallest absolute Gasteiger partial charge is 0.306 e. The number of phenolic OH excluding ortho intramolecular Hbond substituents is 1. The number of carbonyl (C=O) groups excluding carboxylic acids is 1. The maximum Gasteiger partial charge on any atom is 0.306 e. The molecule has 0 spiro atoms. The predicted octanol–water partition coefficient (Wildman–Crippen LogP) is 1.65. The van der Waals surface area contributed by atoms with Crippen LogP contribution in [-0.4, -0.2) is 32.4 Å². The zero-order chi connectivity index (χ0) is 14.8. The highest BCUT2D eigenvalue weighted by Crippen LogP contribution is 2.50. The van der Waals surface area contributed by atoms with Crippen molar-refractivity contribution in [2.75, 3.05) is 12.9 Å². The number of hydrogen-bond donors (Lipinski definition) is 1. The second kappa shape index (κ2) is 5.44. The Morgan fingerprint density at radius 1 is 1.40 bits per heavy atom. The second-order valence-electron chi connectivity index (χ2n) is 5.46. The topological polar surface area (TPSA) is 80.7 Å². The van der Waals surface area contributed by atoms with Gasteiger partial charge in [-0.2, -0.15) is 0 Å². The first-order chi connectivity index (χ1) is 9.34. The molecule has 1 aliphatic carbocycles. The van der Waals surface area contributed by atoms with Crippen molar-refractivity contribution in [2.24, 2.45) is 5.41 Å². The van der Waals surface area contributed by atoms with Gasteiger partial charge in [-0.3, -0.25) is 4.79 Å². The van der Waals surface area contributed by atoms with Gasteiger partial charge in [-0.1, -0.05) is 12.1 Å². The van der Waals surface area contributed by atoms with E-state index in [4.69, 9.17) is 0 Å². The fourth-order valence-electron chi connectivity index (χ4n) is 2.35. The standard InChI is InChI=1S/C14H18O5S/c1-19-13(16)8-14(5-6-14)10-20(17,18)9-11-3-2-4-12(15)7-11/h2-4,7,15H,5-6,8-10H2,1H3. The molecule has 0 unspecified atom stereocenters. The van der Waals surface area contributed by atoms with Gasteiger partial charge < -0.3 is 9.84 Å². The average molecular weight is 298 g/mol. The van der Waals surface area contributed by atoms with Crippen LogP contribution in [0.25, 0.3) is 0 Å². The Kier molecular flexibility index (Phi) is 4.04. The van der Waals surface area contributed by atoms with Crippen molar-refractivity contribution in [1.29, 1.82) is 0 Å². The quantitative estimate of drug-likeness (QED) is 0.808. The van der Waals surface area contributed by atoms with Crippen LogP contribution in [0.15, 0.2) is 24.3 Å². The van der Waals surface area contributed by atoms with Crippen LogP contribution in [0.2, 0.25) is 0 Å². The zero-order valence-electron chi connectivity index (χ0n) is 11.3. The Balaban J connectivity index is 2.03. The van der Waals surface area contributed by atoms with Crippen LogP contribution in [0, 0.1) is 5.41 Å². The lowest BCUT2D eigenvalue weighted by atomic mass is 10.1. The first kappa shape index (κ1) is 14.8. The Hall–Kier alpha value is -1.56. The number of methoxy groups -OCH3 is 1. The van der Waals surface area contributed by atoms with E-state index in [1.165, 1.54) is 19.2 Å². The summed E-state index contributed by atoms with van der Waals surface area (Å²) in [5.41, 5.74) is 0.113. The van der Waals surface area contributed by atoms with Crippen LogP contribution >= 0.6 is 0 Å². The summed E-state index contributed by atoms with van der Waals surface area (Å²) in [4.78, 5) is 11.3. The molecule has 1 aromatic rings. The van der Waals surface area contributed by atoms with E-state index < -0.39 is 15.3 Å². The summed E-state index contributed by atoms with van der Waals surface area (Å²) < 4.78 is 29.0. The molecule has 1 fully saturated rings. The maximum atomic E-state index is 12.2. The molecule has 110 valence electrons. The van der Waals surface area contributed by atoms with Gasteiger partial charge in [0, 0.05) is 0 Å². The van der Waals surface area contributed by atoms with Gasteiger partial charge in [0.2, 0.25) is 0 Å². The van der Waals surface area contributed by atoms with Gasteiger partial charge in [-0.05, 0) is 36.0 Å². The van der Waals surface area contributed by atoms with Crippen molar-refractivity contribution in [2.45, 2.75) is 25.0 Å². The summed E-state index contributed by atoms with van der Waals surface area (Å²) in [5, 5.41) is 9.35. The van der Waals surface area contributed by atoms with Crippen molar-refractivity contribution in [1.82, 2.24) is 0 Å². The lowest BCUT2D eigenvalue weighted by Gasteiger charge is -2.14. The molecule has 20 heavy (non-hydrogen) atoms. The molecule has 0 heterocycles. The van der Waals surface area contributed by atoms with Crippen LogP contribution < -0.4 is 0 Å². The summed E-state index contributed by atoms with van der Waals surface area (Å²) >= 11 is 0. The number of benzene rings is 1. The summed E-state index contributed by atoms with van der Waals surface area (Å²) in [6.07, 6.45) is 1.63. The molecule has 1 saturated carbocycles. The van der Waals surface area contributed by atoms with Crippen LogP contribution in [0.1, 0.15) is 24.8 Å². The van der Waals surface area contributed by atoms with E-state index in [1.807, 2.05) is 0 Å². The SMILES string of the molecule is COC(=O)CC1(CS(=O)(=O)Cc2cccc(O)c2)CC1. The number of carbonyl (C=O) groups is 1. The van der Waals surface area contributed by atoms with Crippen molar-refractivity contribution in [3.8, 4) is 5.75 Å². The molecule has 1 aromatic carbocycles. The Bertz CT molecular complexity index is 602. The van der Waals surface area contributed by atoms with Crippen molar-refractivity contribution < 1.29 is 23.1 Å². The molecule has 2 rings (SSSR count). The zero-order valence-corrected chi connectivity index (χ0v) is 12.1. The summed E-state index contributed by atoms with van der Waals surface area (Å²) in [5.74, 6) is -0.446. The van der Waals surface area contributed by atoms with Gasteiger partial charge in [-0.25, -0.2) is 8.42 Å². The third kappa shape index (κ3) is 3.96. The molecule has 0 bridgehead atoms. The molecule has 6 heteroatoms. The lowest BCUT2D eigenvalue weighted by Crippen LogP contribution is -2.22. The molecule has 0 aromatic heterocycles. The van der Waals surface area contributed by atoms with Gasteiger partial charge in [0.15, 0.2) is 9.84 Å². The fraction of sp³-hybridized carbons (Fsp3) is 0.500. The van der Waals surface area contributed by atoms with E-state index in [0.29, 0.717) is 5.56 Å². The lowest BCUT2D eigenvalue weighted by molar-refractivity contribution is -0.141. The molecule has 0 atom stereocenters. The van der Waals surface area contributed by atoms with Crippen molar-refractivity contribution in [3.63, 3.8) is 0 Å². The van der Waals surface area contributed by atoms with E-state index >= 15 is 0 Å². The number of aromatic hydroxyl groups is 1. The first-order valence-corrected chi connectivity index (χ1v) is 8.21. The second-order valence-corrected chi connectivity index (χ2v) is 7.52. The van der Waals surface area contributed by atoms with Crippen molar-refractivity contribution >= 4 is 15.8 Å². The van der Waals surface area contributed by atoms with Gasteiger partial charge in [0.25, 0.3) is 0 Å². The molecule has 0 amide bonds. The molecule has 1 aliphatic rings. The van der Waals surface area contributed by atoms with Crippen LogP contribution in [0.4, 0.5) is 0 Å². The van der Waals surface area contributed by atoms with Gasteiger partial charge >= 0.3 is 5.97 Å². The summed E-state index contributed by atoms with van der Waals surface area (Å²) in [7, 11) is -2.01. The van der Waals surface area contributed by atoms with Crippen LogP contribution in [0.5, 0.6) is 5.75 Å². The van der Waals surface area contributed by atoms with Gasteiger partial charge in [-0.15, -0.1) is 0 Å². The Morgan fingerprint density at radius 2 is 2.10 bits per heavy atom. The number of rotatable bonds is 6. The van der Waals surface area contributed by atoms with E-state index in [0.717, 1.165) is 12.8 Å².